The Balaban J connectivity index is 3.56. The molecule has 0 atom stereocenters. The van der Waals surface area contributed by atoms with Crippen molar-refractivity contribution in [3.63, 3.8) is 0 Å². The molecular weight excluding hydrogens is 219 g/mol. The van der Waals surface area contributed by atoms with Crippen LogP contribution >= 0.6 is 23.2 Å². The Morgan fingerprint density at radius 1 is 1.29 bits per heavy atom. The van der Waals surface area contributed by atoms with Gasteiger partial charge in [-0.25, -0.2) is 0 Å². The SMILES string of the molecule is C=CCOCC=C(C)CCC=C(Cl)Cl. The van der Waals surface area contributed by atoms with E-state index in [0.717, 1.165) is 12.8 Å². The third kappa shape index (κ3) is 9.85. The molecule has 0 unspecified atom stereocenters. The molecule has 0 aliphatic rings. The normalized spacial score (nSPS) is 11.2. The summed E-state index contributed by atoms with van der Waals surface area (Å²) in [5, 5.41) is 0. The number of ether oxygens (including phenoxy) is 1. The van der Waals surface area contributed by atoms with Gasteiger partial charge in [-0.2, -0.15) is 0 Å². The topological polar surface area (TPSA) is 9.23 Å². The van der Waals surface area contributed by atoms with Gasteiger partial charge in [0.15, 0.2) is 0 Å². The quantitative estimate of drug-likeness (QED) is 0.473. The highest BCUT2D eigenvalue weighted by molar-refractivity contribution is 6.55. The number of allylic oxidation sites excluding steroid dienone is 2. The fourth-order valence-electron chi connectivity index (χ4n) is 0.864. The first-order valence-corrected chi connectivity index (χ1v) is 5.28. The molecule has 0 saturated carbocycles. The van der Waals surface area contributed by atoms with Gasteiger partial charge < -0.3 is 4.74 Å². The minimum absolute atomic E-state index is 0.334. The summed E-state index contributed by atoms with van der Waals surface area (Å²) in [4.78, 5) is 0. The van der Waals surface area contributed by atoms with Gasteiger partial charge in [0.05, 0.1) is 13.2 Å². The van der Waals surface area contributed by atoms with Crippen LogP contribution in [0.5, 0.6) is 0 Å². The molecule has 3 heteroatoms. The molecule has 1 nitrogen and oxygen atoms in total. The molecule has 0 heterocycles. The van der Waals surface area contributed by atoms with Gasteiger partial charge in [-0.15, -0.1) is 6.58 Å². The van der Waals surface area contributed by atoms with Crippen LogP contribution in [-0.4, -0.2) is 13.2 Å². The smallest absolute Gasteiger partial charge is 0.102 e. The summed E-state index contributed by atoms with van der Waals surface area (Å²) in [6.45, 7) is 6.86. The Bertz CT molecular complexity index is 215. The molecule has 0 fully saturated rings. The molecule has 0 radical (unpaired) electrons. The Morgan fingerprint density at radius 2 is 2.00 bits per heavy atom. The minimum atomic E-state index is 0.334. The maximum absolute atomic E-state index is 5.48. The van der Waals surface area contributed by atoms with Crippen LogP contribution in [0.15, 0.2) is 34.9 Å². The van der Waals surface area contributed by atoms with Gasteiger partial charge in [-0.3, -0.25) is 0 Å². The average molecular weight is 235 g/mol. The van der Waals surface area contributed by atoms with Gasteiger partial charge in [0, 0.05) is 0 Å². The van der Waals surface area contributed by atoms with Crippen LogP contribution in [0.4, 0.5) is 0 Å². The molecular formula is C11H16Cl2O. The van der Waals surface area contributed by atoms with Crippen LogP contribution < -0.4 is 0 Å². The van der Waals surface area contributed by atoms with E-state index in [1.807, 2.05) is 0 Å². The zero-order valence-corrected chi connectivity index (χ0v) is 9.94. The summed E-state index contributed by atoms with van der Waals surface area (Å²) >= 11 is 11.0. The van der Waals surface area contributed by atoms with Crippen LogP contribution in [0.3, 0.4) is 0 Å². The van der Waals surface area contributed by atoms with E-state index < -0.39 is 0 Å². The second-order valence-electron chi connectivity index (χ2n) is 2.91. The van der Waals surface area contributed by atoms with E-state index in [1.165, 1.54) is 5.57 Å². The number of halogens is 2. The van der Waals surface area contributed by atoms with Gasteiger partial charge in [-0.05, 0) is 19.8 Å². The second kappa shape index (κ2) is 9.32. The summed E-state index contributed by atoms with van der Waals surface area (Å²) in [5.41, 5.74) is 1.28. The van der Waals surface area contributed by atoms with Gasteiger partial charge in [-0.1, -0.05) is 47.0 Å². The summed E-state index contributed by atoms with van der Waals surface area (Å²) < 4.78 is 5.55. The highest BCUT2D eigenvalue weighted by atomic mass is 35.5. The van der Waals surface area contributed by atoms with Crippen LogP contribution in [0, 0.1) is 0 Å². The van der Waals surface area contributed by atoms with E-state index in [-0.39, 0.29) is 0 Å². The van der Waals surface area contributed by atoms with E-state index in [4.69, 9.17) is 27.9 Å². The van der Waals surface area contributed by atoms with Crippen molar-refractivity contribution in [3.05, 3.63) is 34.9 Å². The van der Waals surface area contributed by atoms with Crippen LogP contribution in [0.25, 0.3) is 0 Å². The van der Waals surface area contributed by atoms with Gasteiger partial charge in [0.2, 0.25) is 0 Å². The fraction of sp³-hybridized carbons (Fsp3) is 0.455. The first-order valence-electron chi connectivity index (χ1n) is 4.52. The molecule has 0 N–H and O–H groups in total. The van der Waals surface area contributed by atoms with Crippen molar-refractivity contribution in [2.75, 3.05) is 13.2 Å². The molecule has 0 saturated heterocycles. The summed E-state index contributed by atoms with van der Waals surface area (Å²) in [5.74, 6) is 0. The van der Waals surface area contributed by atoms with Crippen LogP contribution in [0.2, 0.25) is 0 Å². The van der Waals surface area contributed by atoms with Crippen molar-refractivity contribution in [1.29, 1.82) is 0 Å². The molecule has 80 valence electrons. The predicted molar refractivity (Wildman–Crippen MR) is 63.8 cm³/mol. The lowest BCUT2D eigenvalue weighted by Gasteiger charge is -1.99. The molecule has 0 aromatic carbocycles. The first-order chi connectivity index (χ1) is 6.66. The van der Waals surface area contributed by atoms with E-state index in [0.29, 0.717) is 17.7 Å². The van der Waals surface area contributed by atoms with E-state index >= 15 is 0 Å². The molecule has 0 aliphatic heterocycles. The largest absolute Gasteiger partial charge is 0.373 e. The van der Waals surface area contributed by atoms with Gasteiger partial charge in [0.25, 0.3) is 0 Å². The van der Waals surface area contributed by atoms with Gasteiger partial charge in [0.1, 0.15) is 4.49 Å². The number of hydrogen-bond acceptors (Lipinski definition) is 1. The molecule has 0 aromatic heterocycles. The van der Waals surface area contributed by atoms with Crippen molar-refractivity contribution in [3.8, 4) is 0 Å². The van der Waals surface area contributed by atoms with Crippen molar-refractivity contribution < 1.29 is 4.74 Å². The van der Waals surface area contributed by atoms with Gasteiger partial charge >= 0.3 is 0 Å². The Labute approximate surface area is 96.0 Å². The molecule has 0 rings (SSSR count). The lowest BCUT2D eigenvalue weighted by molar-refractivity contribution is 0.193. The summed E-state index contributed by atoms with van der Waals surface area (Å²) in [6.07, 6.45) is 7.41. The number of rotatable bonds is 7. The van der Waals surface area contributed by atoms with E-state index in [9.17, 15) is 0 Å². The molecule has 0 aromatic rings. The lowest BCUT2D eigenvalue weighted by Crippen LogP contribution is -1.91. The summed E-state index contributed by atoms with van der Waals surface area (Å²) in [6, 6.07) is 0. The van der Waals surface area contributed by atoms with Crippen LogP contribution in [0.1, 0.15) is 19.8 Å². The molecule has 0 bridgehead atoms. The second-order valence-corrected chi connectivity index (χ2v) is 3.92. The lowest BCUT2D eigenvalue weighted by atomic mass is 10.1. The third-order valence-corrected chi connectivity index (χ3v) is 1.93. The van der Waals surface area contributed by atoms with Crippen molar-refractivity contribution in [1.82, 2.24) is 0 Å². The maximum Gasteiger partial charge on any atom is 0.102 e. The van der Waals surface area contributed by atoms with Crippen LogP contribution in [-0.2, 0) is 4.74 Å². The summed E-state index contributed by atoms with van der Waals surface area (Å²) in [7, 11) is 0. The minimum Gasteiger partial charge on any atom is -0.373 e. The highest BCUT2D eigenvalue weighted by Crippen LogP contribution is 2.11. The Morgan fingerprint density at radius 3 is 2.57 bits per heavy atom. The third-order valence-electron chi connectivity index (χ3n) is 1.62. The predicted octanol–water partition coefficient (Wildman–Crippen LogP) is 4.23. The standard InChI is InChI=1S/C11H16Cl2O/c1-3-8-14-9-7-10(2)5-4-6-11(12)13/h3,6-7H,1,4-5,8-9H2,2H3. The zero-order chi connectivity index (χ0) is 10.8. The molecule has 14 heavy (non-hydrogen) atoms. The zero-order valence-electron chi connectivity index (χ0n) is 8.43. The fourth-order valence-corrected chi connectivity index (χ4v) is 1.08. The van der Waals surface area contributed by atoms with E-state index in [1.54, 1.807) is 12.2 Å². The van der Waals surface area contributed by atoms with E-state index in [2.05, 4.69) is 19.6 Å². The van der Waals surface area contributed by atoms with Crippen molar-refractivity contribution >= 4 is 23.2 Å². The monoisotopic (exact) mass is 234 g/mol. The number of hydrogen-bond donors (Lipinski definition) is 0. The van der Waals surface area contributed by atoms with Crippen molar-refractivity contribution in [2.24, 2.45) is 0 Å². The maximum atomic E-state index is 5.48. The Hall–Kier alpha value is -0.240. The first kappa shape index (κ1) is 13.8. The average Bonchev–Trinajstić information content (AvgIpc) is 2.12. The molecule has 0 amide bonds. The van der Waals surface area contributed by atoms with Crippen molar-refractivity contribution in [2.45, 2.75) is 19.8 Å². The highest BCUT2D eigenvalue weighted by Gasteiger charge is 1.89. The Kier molecular flexibility index (Phi) is 9.16. The molecule has 0 aliphatic carbocycles. The molecule has 0 spiro atoms.